The molecule has 0 aliphatic carbocycles. The Morgan fingerprint density at radius 2 is 1.71 bits per heavy atom. The number of hydrogen-bond donors (Lipinski definition) is 0. The summed E-state index contributed by atoms with van der Waals surface area (Å²) in [6.45, 7) is 2.21. The second-order valence-electron chi connectivity index (χ2n) is 9.11. The van der Waals surface area contributed by atoms with Gasteiger partial charge in [-0.1, -0.05) is 0 Å². The van der Waals surface area contributed by atoms with Crippen LogP contribution < -0.4 is 8.96 Å². The van der Waals surface area contributed by atoms with Gasteiger partial charge in [-0.05, 0) is 0 Å². The topological polar surface area (TPSA) is 3.88 Å². The summed E-state index contributed by atoms with van der Waals surface area (Å²) in [5.41, 5.74) is 7.76. The molecule has 0 atom stereocenters. The van der Waals surface area contributed by atoms with E-state index in [9.17, 15) is 0 Å². The molecule has 0 bridgehead atoms. The maximum Gasteiger partial charge on any atom is 0 e. The number of benzene rings is 2. The summed E-state index contributed by atoms with van der Waals surface area (Å²) in [6.07, 6.45) is 9.65. The predicted octanol–water partition coefficient (Wildman–Crippen LogP) is 5.16. The molecule has 3 heterocycles. The van der Waals surface area contributed by atoms with Gasteiger partial charge in [-0.25, -0.2) is 0 Å². The largest absolute Gasteiger partial charge is 0 e. The molecule has 1 saturated heterocycles. The SMILES string of the molecule is Cc1ccc(-c2[c-]cccc2)[c-]c1-c1cc2[c](c[n+]1C)[Ge]1([CH2]CCC[CH2]1)[CH2]CC2.[B].[Y]. The van der Waals surface area contributed by atoms with E-state index in [4.69, 9.17) is 0 Å². The van der Waals surface area contributed by atoms with E-state index in [1.54, 1.807) is 21.3 Å². The summed E-state index contributed by atoms with van der Waals surface area (Å²) >= 11 is -1.86. The molecule has 1 aromatic heterocycles. The van der Waals surface area contributed by atoms with E-state index in [2.05, 4.69) is 67.2 Å². The minimum atomic E-state index is -1.86. The third-order valence-electron chi connectivity index (χ3n) is 7.25. The van der Waals surface area contributed by atoms with Crippen LogP contribution in [0.1, 0.15) is 36.8 Å². The van der Waals surface area contributed by atoms with Crippen molar-refractivity contribution in [2.75, 3.05) is 0 Å². The maximum atomic E-state index is 3.73. The molecule has 5 rings (SSSR count). The van der Waals surface area contributed by atoms with Crippen LogP contribution in [0, 0.1) is 19.1 Å². The molecule has 0 saturated carbocycles. The summed E-state index contributed by atoms with van der Waals surface area (Å²) in [5.74, 6) is 0. The Labute approximate surface area is 217 Å². The molecule has 4 heteroatoms. The summed E-state index contributed by atoms with van der Waals surface area (Å²) in [7, 11) is 2.25. The Bertz CT molecular complexity index is 1040. The van der Waals surface area contributed by atoms with Gasteiger partial charge in [0.05, 0.1) is 0 Å². The van der Waals surface area contributed by atoms with E-state index in [0.29, 0.717) is 0 Å². The van der Waals surface area contributed by atoms with Crippen LogP contribution in [0.2, 0.25) is 15.8 Å². The quantitative estimate of drug-likeness (QED) is 0.240. The second kappa shape index (κ2) is 10.5. The average Bonchev–Trinajstić information content (AvgIpc) is 2.76. The molecule has 1 fully saturated rings. The van der Waals surface area contributed by atoms with Gasteiger partial charge < -0.3 is 0 Å². The van der Waals surface area contributed by atoms with Crippen molar-refractivity contribution < 1.29 is 37.3 Å². The molecule has 3 aromatic rings. The van der Waals surface area contributed by atoms with Gasteiger partial charge >= 0.3 is 178 Å². The van der Waals surface area contributed by atoms with Crippen LogP contribution in [0.25, 0.3) is 22.4 Å². The van der Waals surface area contributed by atoms with Gasteiger partial charge in [0, 0.05) is 41.1 Å². The molecule has 4 radical (unpaired) electrons. The van der Waals surface area contributed by atoms with Crippen molar-refractivity contribution >= 4 is 26.1 Å². The molecular formula is C27H30BGeNY-. The monoisotopic (exact) mass is 542 g/mol. The summed E-state index contributed by atoms with van der Waals surface area (Å²) < 4.78 is 4.23. The van der Waals surface area contributed by atoms with Gasteiger partial charge in [-0.15, -0.1) is 0 Å². The van der Waals surface area contributed by atoms with Crippen LogP contribution >= 0.6 is 0 Å². The predicted molar refractivity (Wildman–Crippen MR) is 129 cm³/mol. The fraction of sp³-hybridized carbons (Fsp3) is 0.370. The van der Waals surface area contributed by atoms with Crippen LogP contribution in [0.15, 0.2) is 48.7 Å². The van der Waals surface area contributed by atoms with E-state index in [-0.39, 0.29) is 41.1 Å². The molecule has 0 amide bonds. The van der Waals surface area contributed by atoms with Crippen molar-refractivity contribution in [3.63, 3.8) is 0 Å². The summed E-state index contributed by atoms with van der Waals surface area (Å²) in [5, 5.41) is 4.70. The number of fused-ring (bicyclic) bond motifs is 2. The van der Waals surface area contributed by atoms with E-state index in [1.165, 1.54) is 48.9 Å². The van der Waals surface area contributed by atoms with Gasteiger partial charge in [0.2, 0.25) is 0 Å². The molecule has 1 nitrogen and oxygen atoms in total. The smallest absolute Gasteiger partial charge is 0 e. The fourth-order valence-corrected chi connectivity index (χ4v) is 17.4. The van der Waals surface area contributed by atoms with Crippen molar-refractivity contribution in [1.29, 1.82) is 0 Å². The summed E-state index contributed by atoms with van der Waals surface area (Å²) in [6, 6.07) is 22.2. The first-order valence-electron chi connectivity index (χ1n) is 11.2. The number of aromatic nitrogens is 1. The Morgan fingerprint density at radius 3 is 2.45 bits per heavy atom. The maximum absolute atomic E-state index is 3.73. The molecule has 2 aliphatic heterocycles. The normalized spacial score (nSPS) is 16.7. The molecule has 0 unspecified atom stereocenters. The van der Waals surface area contributed by atoms with Crippen molar-refractivity contribution in [2.24, 2.45) is 7.05 Å². The van der Waals surface area contributed by atoms with Crippen molar-refractivity contribution in [1.82, 2.24) is 0 Å². The van der Waals surface area contributed by atoms with Gasteiger partial charge in [-0.3, -0.25) is 0 Å². The molecule has 31 heavy (non-hydrogen) atoms. The fourth-order valence-electron chi connectivity index (χ4n) is 5.67. The van der Waals surface area contributed by atoms with E-state index in [0.717, 1.165) is 11.1 Å². The van der Waals surface area contributed by atoms with Crippen molar-refractivity contribution in [2.45, 2.75) is 54.8 Å². The number of rotatable bonds is 2. The minimum absolute atomic E-state index is 0. The Morgan fingerprint density at radius 1 is 0.935 bits per heavy atom. The third-order valence-corrected chi connectivity index (χ3v) is 18.8. The Balaban J connectivity index is 0.00000136. The molecule has 2 aliphatic rings. The standard InChI is InChI=1S/C27H30GeN.B.Y/c1-21-13-14-23(22-10-5-3-6-11-22)18-25(21)27-19-24-12-9-17-28(15-7-4-8-16-28)26(24)20-29(27)2;;/h3,5-6,10,13-14,19-20H,4,7-9,12,15-17H2,1-2H3;;/q-1;;. The van der Waals surface area contributed by atoms with E-state index in [1.807, 2.05) is 16.5 Å². The van der Waals surface area contributed by atoms with Crippen LogP contribution in [0.3, 0.4) is 0 Å². The zero-order chi connectivity index (χ0) is 19.8. The number of aryl methyl sites for hydroxylation is 3. The number of nitrogens with zero attached hydrogens (tertiary/aromatic N) is 1. The molecule has 0 N–H and O–H groups in total. The Kier molecular flexibility index (Phi) is 8.44. The van der Waals surface area contributed by atoms with Crippen molar-refractivity contribution in [3.8, 4) is 22.4 Å². The zero-order valence-electron chi connectivity index (χ0n) is 18.9. The number of pyridine rings is 1. The minimum Gasteiger partial charge on any atom is 0 e. The first-order chi connectivity index (χ1) is 14.2. The van der Waals surface area contributed by atoms with Gasteiger partial charge in [0.25, 0.3) is 0 Å². The van der Waals surface area contributed by atoms with Crippen LogP contribution in [0.4, 0.5) is 0 Å². The zero-order valence-corrected chi connectivity index (χ0v) is 23.8. The second-order valence-corrected chi connectivity index (χ2v) is 18.8. The van der Waals surface area contributed by atoms with Gasteiger partial charge in [0.15, 0.2) is 0 Å². The van der Waals surface area contributed by atoms with E-state index >= 15 is 0 Å². The first-order valence-corrected chi connectivity index (χ1v) is 16.7. The van der Waals surface area contributed by atoms with Gasteiger partial charge in [-0.2, -0.15) is 0 Å². The summed E-state index contributed by atoms with van der Waals surface area (Å²) in [4.78, 5) is 0. The van der Waals surface area contributed by atoms with Crippen LogP contribution in [0.5, 0.6) is 0 Å². The van der Waals surface area contributed by atoms with E-state index < -0.39 is 13.3 Å². The number of hydrogen-bond acceptors (Lipinski definition) is 0. The molecular weight excluding hydrogens is 511 g/mol. The van der Waals surface area contributed by atoms with Crippen LogP contribution in [-0.4, -0.2) is 21.7 Å². The molecule has 154 valence electrons. The molecule has 1 spiro atoms. The Hall–Kier alpha value is -0.698. The third kappa shape index (κ3) is 4.82. The molecule has 2 aromatic carbocycles. The first kappa shape index (κ1) is 24.9. The average molecular weight is 541 g/mol. The van der Waals surface area contributed by atoms with Crippen molar-refractivity contribution in [3.05, 3.63) is 71.9 Å². The van der Waals surface area contributed by atoms with Gasteiger partial charge in [0.1, 0.15) is 0 Å². The van der Waals surface area contributed by atoms with Crippen LogP contribution in [-0.2, 0) is 46.2 Å².